The van der Waals surface area contributed by atoms with E-state index in [0.717, 1.165) is 19.3 Å². The van der Waals surface area contributed by atoms with E-state index in [1.807, 2.05) is 18.2 Å². The molecule has 0 saturated carbocycles. The van der Waals surface area contributed by atoms with E-state index < -0.39 is 10.2 Å². The fourth-order valence-electron chi connectivity index (χ4n) is 3.20. The molecule has 0 aliphatic carbocycles. The third kappa shape index (κ3) is 4.55. The lowest BCUT2D eigenvalue weighted by molar-refractivity contribution is -0.00974. The summed E-state index contributed by atoms with van der Waals surface area (Å²) in [5.41, 5.74) is 1.31. The molecule has 0 amide bonds. The summed E-state index contributed by atoms with van der Waals surface area (Å²) in [6, 6.07) is 10.3. The summed E-state index contributed by atoms with van der Waals surface area (Å²) >= 11 is 0. The SMILES string of the molecule is O=S(=O)(N1CCOCC1)N1CCO[C@@H](CCCc2ccccc2)C1. The Labute approximate surface area is 144 Å². The minimum atomic E-state index is -3.39. The van der Waals surface area contributed by atoms with Gasteiger partial charge in [0.05, 0.1) is 25.9 Å². The van der Waals surface area contributed by atoms with Crippen LogP contribution in [0.5, 0.6) is 0 Å². The van der Waals surface area contributed by atoms with Gasteiger partial charge in [-0.05, 0) is 24.8 Å². The molecule has 0 spiro atoms. The predicted octanol–water partition coefficient (Wildman–Crippen LogP) is 1.29. The second-order valence-corrected chi connectivity index (χ2v) is 8.18. The largest absolute Gasteiger partial charge is 0.379 e. The molecule has 2 saturated heterocycles. The van der Waals surface area contributed by atoms with Crippen molar-refractivity contribution in [1.82, 2.24) is 8.61 Å². The van der Waals surface area contributed by atoms with Gasteiger partial charge in [0.2, 0.25) is 0 Å². The maximum absolute atomic E-state index is 12.7. The van der Waals surface area contributed by atoms with Gasteiger partial charge in [0.1, 0.15) is 0 Å². The lowest BCUT2D eigenvalue weighted by Crippen LogP contribution is -2.53. The van der Waals surface area contributed by atoms with E-state index in [2.05, 4.69) is 12.1 Å². The van der Waals surface area contributed by atoms with E-state index in [1.165, 1.54) is 9.87 Å². The van der Waals surface area contributed by atoms with E-state index in [0.29, 0.717) is 46.0 Å². The average Bonchev–Trinajstić information content (AvgIpc) is 2.64. The molecule has 0 radical (unpaired) electrons. The monoisotopic (exact) mass is 354 g/mol. The molecule has 2 aliphatic heterocycles. The van der Waals surface area contributed by atoms with Gasteiger partial charge in [0.15, 0.2) is 0 Å². The van der Waals surface area contributed by atoms with Gasteiger partial charge >= 0.3 is 0 Å². The first-order chi connectivity index (χ1) is 11.7. The average molecular weight is 354 g/mol. The summed E-state index contributed by atoms with van der Waals surface area (Å²) < 4.78 is 39.6. The molecule has 24 heavy (non-hydrogen) atoms. The smallest absolute Gasteiger partial charge is 0.282 e. The summed E-state index contributed by atoms with van der Waals surface area (Å²) in [6.07, 6.45) is 2.86. The Hall–Kier alpha value is -0.990. The normalized spacial score (nSPS) is 24.1. The van der Waals surface area contributed by atoms with E-state index >= 15 is 0 Å². The number of hydrogen-bond donors (Lipinski definition) is 0. The van der Waals surface area contributed by atoms with Crippen LogP contribution in [-0.4, -0.2) is 69.1 Å². The number of rotatable bonds is 6. The van der Waals surface area contributed by atoms with Crippen LogP contribution >= 0.6 is 0 Å². The zero-order valence-corrected chi connectivity index (χ0v) is 14.8. The molecular weight excluding hydrogens is 328 g/mol. The van der Waals surface area contributed by atoms with Crippen molar-refractivity contribution in [3.8, 4) is 0 Å². The Balaban J connectivity index is 1.50. The number of morpholine rings is 2. The summed E-state index contributed by atoms with van der Waals surface area (Å²) in [7, 11) is -3.39. The van der Waals surface area contributed by atoms with Crippen LogP contribution in [0, 0.1) is 0 Å². The first-order valence-corrected chi connectivity index (χ1v) is 10.0. The predicted molar refractivity (Wildman–Crippen MR) is 92.0 cm³/mol. The quantitative estimate of drug-likeness (QED) is 0.772. The third-order valence-corrected chi connectivity index (χ3v) is 6.56. The van der Waals surface area contributed by atoms with Crippen molar-refractivity contribution in [3.63, 3.8) is 0 Å². The number of benzene rings is 1. The molecule has 6 nitrogen and oxygen atoms in total. The minimum Gasteiger partial charge on any atom is -0.379 e. The van der Waals surface area contributed by atoms with Crippen molar-refractivity contribution < 1.29 is 17.9 Å². The van der Waals surface area contributed by atoms with Gasteiger partial charge in [-0.3, -0.25) is 0 Å². The first kappa shape index (κ1) is 17.8. The van der Waals surface area contributed by atoms with Crippen LogP contribution in [0.3, 0.4) is 0 Å². The van der Waals surface area contributed by atoms with Crippen LogP contribution in [0.15, 0.2) is 30.3 Å². The van der Waals surface area contributed by atoms with E-state index in [-0.39, 0.29) is 6.10 Å². The second-order valence-electron chi connectivity index (χ2n) is 6.25. The standard InChI is InChI=1S/C17H26N2O4S/c20-24(21,18-9-12-22-13-10-18)19-11-14-23-17(15-19)8-4-7-16-5-2-1-3-6-16/h1-3,5-6,17H,4,7-15H2/t17-/m0/s1. The van der Waals surface area contributed by atoms with Crippen molar-refractivity contribution in [2.75, 3.05) is 46.0 Å². The van der Waals surface area contributed by atoms with Crippen molar-refractivity contribution in [2.45, 2.75) is 25.4 Å². The molecule has 0 aromatic heterocycles. The molecule has 2 heterocycles. The van der Waals surface area contributed by atoms with Crippen molar-refractivity contribution in [2.24, 2.45) is 0 Å². The molecule has 7 heteroatoms. The highest BCUT2D eigenvalue weighted by Crippen LogP contribution is 2.18. The van der Waals surface area contributed by atoms with Gasteiger partial charge in [0.25, 0.3) is 10.2 Å². The summed E-state index contributed by atoms with van der Waals surface area (Å²) in [6.45, 7) is 3.20. The van der Waals surface area contributed by atoms with Crippen LogP contribution in [0.1, 0.15) is 18.4 Å². The summed E-state index contributed by atoms with van der Waals surface area (Å²) in [5.74, 6) is 0. The van der Waals surface area contributed by atoms with Crippen molar-refractivity contribution >= 4 is 10.2 Å². The number of hydrogen-bond acceptors (Lipinski definition) is 4. The molecule has 0 bridgehead atoms. The number of ether oxygens (including phenoxy) is 2. The van der Waals surface area contributed by atoms with E-state index in [9.17, 15) is 8.42 Å². The van der Waals surface area contributed by atoms with Gasteiger partial charge in [-0.2, -0.15) is 17.0 Å². The molecule has 2 fully saturated rings. The Kier molecular flexibility index (Phi) is 6.24. The van der Waals surface area contributed by atoms with Crippen LogP contribution in [0.2, 0.25) is 0 Å². The topological polar surface area (TPSA) is 59.1 Å². The van der Waals surface area contributed by atoms with Crippen LogP contribution in [-0.2, 0) is 26.1 Å². The Morgan fingerprint density at radius 2 is 1.71 bits per heavy atom. The Morgan fingerprint density at radius 1 is 1.00 bits per heavy atom. The molecule has 3 rings (SSSR count). The fourth-order valence-corrected chi connectivity index (χ4v) is 4.79. The highest BCUT2D eigenvalue weighted by molar-refractivity contribution is 7.86. The molecule has 0 unspecified atom stereocenters. The van der Waals surface area contributed by atoms with Gasteiger partial charge in [-0.15, -0.1) is 0 Å². The maximum atomic E-state index is 12.7. The van der Waals surface area contributed by atoms with Crippen molar-refractivity contribution in [3.05, 3.63) is 35.9 Å². The van der Waals surface area contributed by atoms with Crippen LogP contribution in [0.25, 0.3) is 0 Å². The zero-order valence-electron chi connectivity index (χ0n) is 14.0. The van der Waals surface area contributed by atoms with Crippen LogP contribution in [0.4, 0.5) is 0 Å². The fraction of sp³-hybridized carbons (Fsp3) is 0.647. The Bertz CT molecular complexity index is 602. The first-order valence-electron chi connectivity index (χ1n) is 8.65. The maximum Gasteiger partial charge on any atom is 0.282 e. The molecule has 0 N–H and O–H groups in total. The highest BCUT2D eigenvalue weighted by Gasteiger charge is 2.34. The summed E-state index contributed by atoms with van der Waals surface area (Å²) in [4.78, 5) is 0. The molecule has 134 valence electrons. The lowest BCUT2D eigenvalue weighted by atomic mass is 10.1. The zero-order chi connectivity index (χ0) is 16.8. The Morgan fingerprint density at radius 3 is 2.46 bits per heavy atom. The second kappa shape index (κ2) is 8.40. The van der Waals surface area contributed by atoms with Gasteiger partial charge in [-0.25, -0.2) is 0 Å². The minimum absolute atomic E-state index is 0.0155. The molecule has 1 aromatic carbocycles. The molecular formula is C17H26N2O4S. The number of nitrogens with zero attached hydrogens (tertiary/aromatic N) is 2. The van der Waals surface area contributed by atoms with Gasteiger partial charge < -0.3 is 9.47 Å². The van der Waals surface area contributed by atoms with E-state index in [1.54, 1.807) is 4.31 Å². The molecule has 2 aliphatic rings. The third-order valence-electron chi connectivity index (χ3n) is 4.56. The lowest BCUT2D eigenvalue weighted by Gasteiger charge is -2.36. The highest BCUT2D eigenvalue weighted by atomic mass is 32.2. The van der Waals surface area contributed by atoms with Crippen LogP contribution < -0.4 is 0 Å². The summed E-state index contributed by atoms with van der Waals surface area (Å²) in [5, 5.41) is 0. The molecule has 1 aromatic rings. The van der Waals surface area contributed by atoms with Gasteiger partial charge in [0, 0.05) is 26.2 Å². The number of aryl methyl sites for hydroxylation is 1. The van der Waals surface area contributed by atoms with E-state index in [4.69, 9.17) is 9.47 Å². The van der Waals surface area contributed by atoms with Crippen molar-refractivity contribution in [1.29, 1.82) is 0 Å². The van der Waals surface area contributed by atoms with Gasteiger partial charge in [-0.1, -0.05) is 30.3 Å². The molecule has 1 atom stereocenters.